The van der Waals surface area contributed by atoms with E-state index >= 15 is 0 Å². The van der Waals surface area contributed by atoms with Gasteiger partial charge < -0.3 is 20.7 Å². The van der Waals surface area contributed by atoms with Crippen molar-refractivity contribution in [1.82, 2.24) is 15.0 Å². The summed E-state index contributed by atoms with van der Waals surface area (Å²) in [5.41, 5.74) is 6.73. The zero-order valence-electron chi connectivity index (χ0n) is 18.5. The lowest BCUT2D eigenvalue weighted by Gasteiger charge is -2.18. The molecule has 4 rings (SSSR count). The van der Waals surface area contributed by atoms with Gasteiger partial charge in [-0.3, -0.25) is 9.59 Å². The number of carbonyl (C=O) groups excluding carboxylic acids is 2. The molecule has 0 radical (unpaired) electrons. The molecule has 182 valence electrons. The van der Waals surface area contributed by atoms with Crippen LogP contribution in [0.25, 0.3) is 0 Å². The predicted molar refractivity (Wildman–Crippen MR) is 120 cm³/mol. The Balaban J connectivity index is 1.39. The Morgan fingerprint density at radius 3 is 2.63 bits per heavy atom. The molecule has 1 unspecified atom stereocenters. The highest BCUT2D eigenvalue weighted by atomic mass is 19.4. The van der Waals surface area contributed by atoms with Gasteiger partial charge >= 0.3 is 12.1 Å². The van der Waals surface area contributed by atoms with E-state index in [0.29, 0.717) is 0 Å². The highest BCUT2D eigenvalue weighted by Crippen LogP contribution is 2.33. The number of nitrogen functional groups attached to an aromatic ring is 1. The molecule has 1 aliphatic rings. The van der Waals surface area contributed by atoms with Crippen LogP contribution < -0.4 is 16.0 Å². The Bertz CT molecular complexity index is 1250. The monoisotopic (exact) mass is 486 g/mol. The summed E-state index contributed by atoms with van der Waals surface area (Å²) in [5, 5.41) is 2.99. The molecule has 2 aromatic carbocycles. The smallest absolute Gasteiger partial charge is 0.416 e. The van der Waals surface area contributed by atoms with Crippen LogP contribution in [0.1, 0.15) is 23.4 Å². The maximum Gasteiger partial charge on any atom is 0.416 e. The number of nitrogens with zero attached hydrogens (tertiary/aromatic N) is 4. The fourth-order valence-corrected chi connectivity index (χ4v) is 3.54. The van der Waals surface area contributed by atoms with E-state index in [-0.39, 0.29) is 43.0 Å². The molecule has 1 atom stereocenters. The normalized spacial score (nSPS) is 15.8. The van der Waals surface area contributed by atoms with Crippen LogP contribution in [0.4, 0.5) is 36.4 Å². The van der Waals surface area contributed by atoms with Crippen molar-refractivity contribution in [2.45, 2.75) is 26.1 Å². The lowest BCUT2D eigenvalue weighted by molar-refractivity contribution is -0.150. The van der Waals surface area contributed by atoms with Crippen molar-refractivity contribution in [3.05, 3.63) is 65.5 Å². The molecule has 0 aliphatic carbocycles. The standard InChI is InChI=1S/C23H21F3N6O3/c1-13-5-7-16(8-6-13)28-22-30-18(29-21(27)31-22)12-35-20(34)14-9-19(33)32(11-14)17-4-2-3-15(10-17)23(24,25)26/h2-8,10,14H,9,11-12H2,1H3,(H3,27,28,29,30,31). The van der Waals surface area contributed by atoms with Crippen LogP contribution in [0.5, 0.6) is 0 Å². The Morgan fingerprint density at radius 2 is 1.91 bits per heavy atom. The first-order valence-corrected chi connectivity index (χ1v) is 10.6. The molecule has 1 aromatic heterocycles. The molecule has 9 nitrogen and oxygen atoms in total. The van der Waals surface area contributed by atoms with Gasteiger partial charge in [0.15, 0.2) is 12.4 Å². The highest BCUT2D eigenvalue weighted by molar-refractivity contribution is 5.99. The van der Waals surface area contributed by atoms with Crippen LogP contribution in [-0.4, -0.2) is 33.4 Å². The van der Waals surface area contributed by atoms with E-state index in [9.17, 15) is 22.8 Å². The number of esters is 1. The Morgan fingerprint density at radius 1 is 1.17 bits per heavy atom. The molecular weight excluding hydrogens is 465 g/mol. The topological polar surface area (TPSA) is 123 Å². The molecule has 0 saturated carbocycles. The first kappa shape index (κ1) is 23.9. The molecule has 1 aliphatic heterocycles. The summed E-state index contributed by atoms with van der Waals surface area (Å²) in [5.74, 6) is -1.83. The number of benzene rings is 2. The second-order valence-corrected chi connectivity index (χ2v) is 7.99. The number of hydrogen-bond donors (Lipinski definition) is 2. The van der Waals surface area contributed by atoms with Crippen molar-refractivity contribution in [3.8, 4) is 0 Å². The molecule has 1 saturated heterocycles. The summed E-state index contributed by atoms with van der Waals surface area (Å²) in [6, 6.07) is 11.9. The summed E-state index contributed by atoms with van der Waals surface area (Å²) in [6.07, 6.45) is -4.73. The minimum Gasteiger partial charge on any atom is -0.457 e. The second-order valence-electron chi connectivity index (χ2n) is 7.99. The number of nitrogens with one attached hydrogen (secondary N) is 1. The van der Waals surface area contributed by atoms with Crippen LogP contribution in [0.3, 0.4) is 0 Å². The quantitative estimate of drug-likeness (QED) is 0.507. The van der Waals surface area contributed by atoms with Gasteiger partial charge in [-0.1, -0.05) is 23.8 Å². The molecule has 3 N–H and O–H groups in total. The summed E-state index contributed by atoms with van der Waals surface area (Å²) in [7, 11) is 0. The van der Waals surface area contributed by atoms with E-state index in [0.717, 1.165) is 28.3 Å². The molecule has 3 aromatic rings. The average molecular weight is 486 g/mol. The van der Waals surface area contributed by atoms with E-state index in [1.807, 2.05) is 31.2 Å². The van der Waals surface area contributed by atoms with E-state index in [1.54, 1.807) is 0 Å². The highest BCUT2D eigenvalue weighted by Gasteiger charge is 2.37. The number of rotatable bonds is 6. The molecule has 12 heteroatoms. The van der Waals surface area contributed by atoms with Gasteiger partial charge in [-0.15, -0.1) is 0 Å². The van der Waals surface area contributed by atoms with Gasteiger partial charge in [0, 0.05) is 24.3 Å². The summed E-state index contributed by atoms with van der Waals surface area (Å²) >= 11 is 0. The van der Waals surface area contributed by atoms with Gasteiger partial charge in [-0.25, -0.2) is 0 Å². The molecule has 2 heterocycles. The van der Waals surface area contributed by atoms with Gasteiger partial charge in [-0.05, 0) is 37.3 Å². The molecule has 0 bridgehead atoms. The largest absolute Gasteiger partial charge is 0.457 e. The first-order chi connectivity index (χ1) is 16.6. The van der Waals surface area contributed by atoms with Crippen molar-refractivity contribution in [3.63, 3.8) is 0 Å². The predicted octanol–water partition coefficient (Wildman–Crippen LogP) is 3.62. The number of alkyl halides is 3. The third kappa shape index (κ3) is 5.83. The van der Waals surface area contributed by atoms with Crippen LogP contribution in [0.2, 0.25) is 0 Å². The number of aryl methyl sites for hydroxylation is 1. The van der Waals surface area contributed by atoms with Crippen molar-refractivity contribution in [2.75, 3.05) is 22.5 Å². The molecule has 35 heavy (non-hydrogen) atoms. The molecule has 0 spiro atoms. The number of nitrogens with two attached hydrogens (primary N) is 1. The minimum absolute atomic E-state index is 0.0668. The lowest BCUT2D eigenvalue weighted by atomic mass is 10.1. The Kier molecular flexibility index (Phi) is 6.54. The van der Waals surface area contributed by atoms with Crippen molar-refractivity contribution < 1.29 is 27.5 Å². The van der Waals surface area contributed by atoms with E-state index < -0.39 is 29.5 Å². The lowest BCUT2D eigenvalue weighted by Crippen LogP contribution is -2.26. The van der Waals surface area contributed by atoms with Gasteiger partial charge in [-0.2, -0.15) is 28.1 Å². The number of amides is 1. The number of hydrogen-bond acceptors (Lipinski definition) is 8. The number of aromatic nitrogens is 3. The third-order valence-electron chi connectivity index (χ3n) is 5.29. The Hall–Kier alpha value is -4.22. The third-order valence-corrected chi connectivity index (χ3v) is 5.29. The minimum atomic E-state index is -4.54. The van der Waals surface area contributed by atoms with Gasteiger partial charge in [0.05, 0.1) is 11.5 Å². The SMILES string of the molecule is Cc1ccc(Nc2nc(N)nc(COC(=O)C3CC(=O)N(c4cccc(C(F)(F)F)c4)C3)n2)cc1. The maximum absolute atomic E-state index is 13.0. The molecule has 1 amide bonds. The van der Waals surface area contributed by atoms with E-state index in [1.165, 1.54) is 12.1 Å². The van der Waals surface area contributed by atoms with Crippen molar-refractivity contribution in [1.29, 1.82) is 0 Å². The van der Waals surface area contributed by atoms with E-state index in [2.05, 4.69) is 20.3 Å². The molecular formula is C23H21F3N6O3. The number of anilines is 4. The Labute approximate surface area is 198 Å². The zero-order valence-corrected chi connectivity index (χ0v) is 18.5. The van der Waals surface area contributed by atoms with Crippen LogP contribution in [0, 0.1) is 12.8 Å². The van der Waals surface area contributed by atoms with Gasteiger partial charge in [0.25, 0.3) is 0 Å². The van der Waals surface area contributed by atoms with Gasteiger partial charge in [0.2, 0.25) is 17.8 Å². The number of ether oxygens (including phenoxy) is 1. The molecule has 1 fully saturated rings. The van der Waals surface area contributed by atoms with Crippen molar-refractivity contribution >= 4 is 35.1 Å². The fourth-order valence-electron chi connectivity index (χ4n) is 3.54. The first-order valence-electron chi connectivity index (χ1n) is 10.6. The number of halogens is 3. The van der Waals surface area contributed by atoms with E-state index in [4.69, 9.17) is 10.5 Å². The number of carbonyl (C=O) groups is 2. The van der Waals surface area contributed by atoms with Crippen LogP contribution in [0.15, 0.2) is 48.5 Å². The average Bonchev–Trinajstić information content (AvgIpc) is 3.20. The summed E-state index contributed by atoms with van der Waals surface area (Å²) in [4.78, 5) is 38.2. The zero-order chi connectivity index (χ0) is 25.2. The van der Waals surface area contributed by atoms with Gasteiger partial charge in [0.1, 0.15) is 0 Å². The van der Waals surface area contributed by atoms with Crippen molar-refractivity contribution in [2.24, 2.45) is 5.92 Å². The summed E-state index contributed by atoms with van der Waals surface area (Å²) in [6.45, 7) is 1.54. The fraction of sp³-hybridized carbons (Fsp3) is 0.261. The second kappa shape index (κ2) is 9.57. The summed E-state index contributed by atoms with van der Waals surface area (Å²) < 4.78 is 44.3. The maximum atomic E-state index is 13.0. The van der Waals surface area contributed by atoms with Crippen LogP contribution >= 0.6 is 0 Å². The van der Waals surface area contributed by atoms with Crippen LogP contribution in [-0.2, 0) is 27.1 Å².